The Kier molecular flexibility index (Phi) is 5.89. The van der Waals surface area contributed by atoms with Gasteiger partial charge in [0.2, 0.25) is 0 Å². The summed E-state index contributed by atoms with van der Waals surface area (Å²) in [5.74, 6) is 0. The molecule has 19 heavy (non-hydrogen) atoms. The molecule has 0 aromatic carbocycles. The minimum Gasteiger partial charge on any atom is -0.314 e. The highest BCUT2D eigenvalue weighted by Crippen LogP contribution is 2.24. The van der Waals surface area contributed by atoms with Gasteiger partial charge in [0, 0.05) is 23.4 Å². The molecule has 0 fully saturated rings. The Morgan fingerprint density at radius 1 is 1.47 bits per heavy atom. The predicted molar refractivity (Wildman–Crippen MR) is 76.4 cm³/mol. The lowest BCUT2D eigenvalue weighted by atomic mass is 10.0. The molecule has 0 bridgehead atoms. The van der Waals surface area contributed by atoms with Crippen LogP contribution in [0.4, 0.5) is 5.69 Å². The molecule has 0 amide bonds. The summed E-state index contributed by atoms with van der Waals surface area (Å²) in [6.45, 7) is 8.79. The molecule has 0 aliphatic carbocycles. The van der Waals surface area contributed by atoms with Gasteiger partial charge in [-0.1, -0.05) is 6.92 Å². The fourth-order valence-electron chi connectivity index (χ4n) is 2.14. The molecule has 0 saturated heterocycles. The van der Waals surface area contributed by atoms with E-state index in [4.69, 9.17) is 0 Å². The molecule has 1 N–H and O–H groups in total. The number of hydrogen-bond acceptors (Lipinski definition) is 4. The van der Waals surface area contributed by atoms with Crippen LogP contribution in [0, 0.1) is 24.0 Å². The summed E-state index contributed by atoms with van der Waals surface area (Å²) in [6, 6.07) is 0.404. The second-order valence-corrected chi connectivity index (χ2v) is 5.01. The van der Waals surface area contributed by atoms with Crippen LogP contribution >= 0.6 is 0 Å². The molecule has 0 saturated carbocycles. The Hall–Kier alpha value is -1.49. The summed E-state index contributed by atoms with van der Waals surface area (Å²) in [7, 11) is 0. The van der Waals surface area contributed by atoms with E-state index in [1.165, 1.54) is 0 Å². The van der Waals surface area contributed by atoms with Crippen LogP contribution in [-0.4, -0.2) is 22.5 Å². The van der Waals surface area contributed by atoms with Crippen LogP contribution in [0.15, 0.2) is 6.20 Å². The first-order valence-corrected chi connectivity index (χ1v) is 6.80. The number of aryl methyl sites for hydroxylation is 2. The van der Waals surface area contributed by atoms with Gasteiger partial charge in [0.15, 0.2) is 0 Å². The van der Waals surface area contributed by atoms with Gasteiger partial charge in [-0.15, -0.1) is 0 Å². The van der Waals surface area contributed by atoms with Crippen molar-refractivity contribution < 1.29 is 4.92 Å². The standard InChI is InChI=1S/C14H23N3O2/c1-5-8-15-11(3)6-7-13-12(4)14(17(18)19)10(2)9-16-13/h9,11,15H,5-8H2,1-4H3. The molecular formula is C14H23N3O2. The highest BCUT2D eigenvalue weighted by Gasteiger charge is 2.18. The van der Waals surface area contributed by atoms with Crippen molar-refractivity contribution in [1.29, 1.82) is 0 Å². The van der Waals surface area contributed by atoms with Gasteiger partial charge in [0.25, 0.3) is 5.69 Å². The van der Waals surface area contributed by atoms with E-state index in [-0.39, 0.29) is 10.6 Å². The van der Waals surface area contributed by atoms with Crippen LogP contribution in [0.2, 0.25) is 0 Å². The summed E-state index contributed by atoms with van der Waals surface area (Å²) < 4.78 is 0. The van der Waals surface area contributed by atoms with Gasteiger partial charge in [-0.25, -0.2) is 0 Å². The largest absolute Gasteiger partial charge is 0.314 e. The lowest BCUT2D eigenvalue weighted by Crippen LogP contribution is -2.27. The number of pyridine rings is 1. The van der Waals surface area contributed by atoms with E-state index >= 15 is 0 Å². The first-order valence-electron chi connectivity index (χ1n) is 6.80. The van der Waals surface area contributed by atoms with Gasteiger partial charge in [-0.2, -0.15) is 0 Å². The predicted octanol–water partition coefficient (Wildman–Crippen LogP) is 2.93. The lowest BCUT2D eigenvalue weighted by molar-refractivity contribution is -0.386. The first-order chi connectivity index (χ1) is 8.97. The molecule has 1 unspecified atom stereocenters. The molecule has 1 aromatic heterocycles. The van der Waals surface area contributed by atoms with Gasteiger partial charge >= 0.3 is 0 Å². The number of aromatic nitrogens is 1. The molecule has 0 radical (unpaired) electrons. The van der Waals surface area contributed by atoms with Crippen LogP contribution in [-0.2, 0) is 6.42 Å². The zero-order valence-electron chi connectivity index (χ0n) is 12.2. The van der Waals surface area contributed by atoms with Gasteiger partial charge in [0.05, 0.1) is 10.6 Å². The van der Waals surface area contributed by atoms with Crippen molar-refractivity contribution in [3.8, 4) is 0 Å². The van der Waals surface area contributed by atoms with Gasteiger partial charge < -0.3 is 5.32 Å². The van der Waals surface area contributed by atoms with E-state index in [0.29, 0.717) is 17.2 Å². The highest BCUT2D eigenvalue weighted by atomic mass is 16.6. The second-order valence-electron chi connectivity index (χ2n) is 5.01. The third-order valence-electron chi connectivity index (χ3n) is 3.32. The van der Waals surface area contributed by atoms with E-state index in [2.05, 4.69) is 24.1 Å². The molecule has 5 heteroatoms. The second kappa shape index (κ2) is 7.19. The van der Waals surface area contributed by atoms with E-state index in [9.17, 15) is 10.1 Å². The fraction of sp³-hybridized carbons (Fsp3) is 0.643. The number of nitro groups is 1. The maximum Gasteiger partial charge on any atom is 0.278 e. The molecule has 1 atom stereocenters. The van der Waals surface area contributed by atoms with Crippen LogP contribution in [0.1, 0.15) is 43.5 Å². The summed E-state index contributed by atoms with van der Waals surface area (Å²) >= 11 is 0. The molecule has 1 aromatic rings. The number of rotatable bonds is 7. The van der Waals surface area contributed by atoms with Crippen molar-refractivity contribution in [3.63, 3.8) is 0 Å². The number of nitrogens with zero attached hydrogens (tertiary/aromatic N) is 2. The molecule has 5 nitrogen and oxygen atoms in total. The average Bonchev–Trinajstić information content (AvgIpc) is 2.35. The normalized spacial score (nSPS) is 12.4. The Morgan fingerprint density at radius 3 is 2.74 bits per heavy atom. The SMILES string of the molecule is CCCNC(C)CCc1ncc(C)c([N+](=O)[O-])c1C. The Morgan fingerprint density at radius 2 is 2.16 bits per heavy atom. The van der Waals surface area contributed by atoms with E-state index in [1.807, 2.05) is 0 Å². The summed E-state index contributed by atoms with van der Waals surface area (Å²) in [5, 5.41) is 14.4. The molecule has 0 spiro atoms. The monoisotopic (exact) mass is 265 g/mol. The van der Waals surface area contributed by atoms with Gasteiger partial charge in [0.1, 0.15) is 0 Å². The number of hydrogen-bond donors (Lipinski definition) is 1. The van der Waals surface area contributed by atoms with Crippen molar-refractivity contribution in [1.82, 2.24) is 10.3 Å². The van der Waals surface area contributed by atoms with Crippen molar-refractivity contribution in [2.75, 3.05) is 6.54 Å². The van der Waals surface area contributed by atoms with Gasteiger partial charge in [-0.3, -0.25) is 15.1 Å². The summed E-state index contributed by atoms with van der Waals surface area (Å²) in [6.07, 6.45) is 4.42. The smallest absolute Gasteiger partial charge is 0.278 e. The van der Waals surface area contributed by atoms with Crippen molar-refractivity contribution in [3.05, 3.63) is 33.1 Å². The molecule has 0 aliphatic heterocycles. The Bertz CT molecular complexity index is 447. The minimum atomic E-state index is -0.311. The van der Waals surface area contributed by atoms with Crippen LogP contribution in [0.3, 0.4) is 0 Å². The van der Waals surface area contributed by atoms with E-state index in [0.717, 1.165) is 31.5 Å². The molecule has 1 rings (SSSR count). The molecule has 106 valence electrons. The van der Waals surface area contributed by atoms with Crippen LogP contribution < -0.4 is 5.32 Å². The lowest BCUT2D eigenvalue weighted by Gasteiger charge is -2.13. The Balaban J connectivity index is 2.74. The van der Waals surface area contributed by atoms with Crippen molar-refractivity contribution in [2.24, 2.45) is 0 Å². The third kappa shape index (κ3) is 4.28. The fourth-order valence-corrected chi connectivity index (χ4v) is 2.14. The maximum absolute atomic E-state index is 11.0. The van der Waals surface area contributed by atoms with Crippen LogP contribution in [0.25, 0.3) is 0 Å². The molecule has 0 aliphatic rings. The van der Waals surface area contributed by atoms with E-state index in [1.54, 1.807) is 20.0 Å². The quantitative estimate of drug-likeness (QED) is 0.608. The van der Waals surface area contributed by atoms with E-state index < -0.39 is 0 Å². The highest BCUT2D eigenvalue weighted by molar-refractivity contribution is 5.47. The first kappa shape index (κ1) is 15.6. The minimum absolute atomic E-state index is 0.208. The topological polar surface area (TPSA) is 68.1 Å². The van der Waals surface area contributed by atoms with Gasteiger partial charge in [-0.05, 0) is 46.6 Å². The average molecular weight is 265 g/mol. The van der Waals surface area contributed by atoms with Crippen molar-refractivity contribution >= 4 is 5.69 Å². The van der Waals surface area contributed by atoms with Crippen molar-refractivity contribution in [2.45, 2.75) is 53.0 Å². The summed E-state index contributed by atoms with van der Waals surface area (Å²) in [4.78, 5) is 15.1. The molecular weight excluding hydrogens is 242 g/mol. The van der Waals surface area contributed by atoms with Crippen LogP contribution in [0.5, 0.6) is 0 Å². The molecule has 1 heterocycles. The summed E-state index contributed by atoms with van der Waals surface area (Å²) in [5.41, 5.74) is 2.37. The third-order valence-corrected chi connectivity index (χ3v) is 3.32. The maximum atomic E-state index is 11.0. The Labute approximate surface area is 114 Å². The zero-order valence-corrected chi connectivity index (χ0v) is 12.2. The number of nitrogens with one attached hydrogen (secondary N) is 1. The zero-order chi connectivity index (χ0) is 14.4.